The van der Waals surface area contributed by atoms with Gasteiger partial charge in [-0.1, -0.05) is 6.92 Å². The Morgan fingerprint density at radius 2 is 2.40 bits per heavy atom. The van der Waals surface area contributed by atoms with E-state index in [-0.39, 0.29) is 0 Å². The summed E-state index contributed by atoms with van der Waals surface area (Å²) < 4.78 is 2.26. The Morgan fingerprint density at radius 1 is 1.47 bits per heavy atom. The second-order valence-corrected chi connectivity index (χ2v) is 4.48. The molecule has 2 rings (SSSR count). The zero-order chi connectivity index (χ0) is 10.5. The maximum absolute atomic E-state index is 4.13. The summed E-state index contributed by atoms with van der Waals surface area (Å²) in [7, 11) is 0. The molecule has 0 amide bonds. The number of imidazole rings is 1. The molecule has 0 bridgehead atoms. The Bertz CT molecular complexity index is 268. The minimum absolute atomic E-state index is 0.663. The van der Waals surface area contributed by atoms with Gasteiger partial charge in [-0.15, -0.1) is 0 Å². The van der Waals surface area contributed by atoms with Crippen LogP contribution in [0.15, 0.2) is 18.7 Å². The molecular formula is C12H21N3. The van der Waals surface area contributed by atoms with Gasteiger partial charge in [0.05, 0.1) is 6.33 Å². The fourth-order valence-electron chi connectivity index (χ4n) is 2.45. The highest BCUT2D eigenvalue weighted by Gasteiger charge is 2.21. The van der Waals surface area contributed by atoms with Crippen molar-refractivity contribution >= 4 is 0 Å². The number of aromatic nitrogens is 2. The van der Waals surface area contributed by atoms with Gasteiger partial charge in [-0.05, 0) is 38.6 Å². The summed E-state index contributed by atoms with van der Waals surface area (Å²) in [6.45, 7) is 3.38. The van der Waals surface area contributed by atoms with E-state index in [1.807, 2.05) is 12.5 Å². The zero-order valence-electron chi connectivity index (χ0n) is 9.52. The van der Waals surface area contributed by atoms with E-state index in [1.54, 1.807) is 0 Å². The molecule has 1 N–H and O–H groups in total. The van der Waals surface area contributed by atoms with Crippen molar-refractivity contribution in [2.45, 2.75) is 51.1 Å². The highest BCUT2D eigenvalue weighted by molar-refractivity contribution is 4.86. The monoisotopic (exact) mass is 207 g/mol. The van der Waals surface area contributed by atoms with Crippen LogP contribution in [0.3, 0.4) is 0 Å². The summed E-state index contributed by atoms with van der Waals surface area (Å²) in [6, 6.07) is 1.38. The van der Waals surface area contributed by atoms with Crippen LogP contribution in [-0.2, 0) is 0 Å². The molecule has 0 aromatic carbocycles. The molecule has 2 atom stereocenters. The van der Waals surface area contributed by atoms with E-state index < -0.39 is 0 Å². The number of hydrogen-bond donors (Lipinski definition) is 1. The zero-order valence-corrected chi connectivity index (χ0v) is 9.52. The quantitative estimate of drug-likeness (QED) is 0.821. The summed E-state index contributed by atoms with van der Waals surface area (Å²) in [4.78, 5) is 4.13. The van der Waals surface area contributed by atoms with Gasteiger partial charge >= 0.3 is 0 Å². The number of nitrogens with one attached hydrogen (secondary N) is 1. The fourth-order valence-corrected chi connectivity index (χ4v) is 2.45. The van der Waals surface area contributed by atoms with Crippen molar-refractivity contribution in [2.75, 3.05) is 6.54 Å². The third kappa shape index (κ3) is 2.81. The Labute approximate surface area is 91.9 Å². The van der Waals surface area contributed by atoms with Crippen molar-refractivity contribution < 1.29 is 0 Å². The molecule has 0 saturated heterocycles. The molecule has 1 fully saturated rings. The maximum atomic E-state index is 4.13. The lowest BCUT2D eigenvalue weighted by molar-refractivity contribution is 0.285. The van der Waals surface area contributed by atoms with Crippen LogP contribution in [0.2, 0.25) is 0 Å². The van der Waals surface area contributed by atoms with Gasteiger partial charge in [0, 0.05) is 24.5 Å². The van der Waals surface area contributed by atoms with Crippen LogP contribution in [-0.4, -0.2) is 22.1 Å². The second-order valence-electron chi connectivity index (χ2n) is 4.48. The van der Waals surface area contributed by atoms with Crippen molar-refractivity contribution in [3.63, 3.8) is 0 Å². The lowest BCUT2D eigenvalue weighted by Crippen LogP contribution is -2.35. The van der Waals surface area contributed by atoms with E-state index in [1.165, 1.54) is 32.1 Å². The Balaban J connectivity index is 1.87. The molecule has 1 saturated carbocycles. The molecule has 1 aromatic heterocycles. The van der Waals surface area contributed by atoms with Crippen molar-refractivity contribution in [3.8, 4) is 0 Å². The van der Waals surface area contributed by atoms with Gasteiger partial charge in [-0.2, -0.15) is 0 Å². The Morgan fingerprint density at radius 3 is 3.13 bits per heavy atom. The second kappa shape index (κ2) is 5.31. The van der Waals surface area contributed by atoms with Gasteiger partial charge in [0.15, 0.2) is 0 Å². The first-order chi connectivity index (χ1) is 7.40. The predicted molar refractivity (Wildman–Crippen MR) is 61.8 cm³/mol. The topological polar surface area (TPSA) is 29.9 Å². The predicted octanol–water partition coefficient (Wildman–Crippen LogP) is 2.37. The van der Waals surface area contributed by atoms with Crippen molar-refractivity contribution in [2.24, 2.45) is 0 Å². The van der Waals surface area contributed by atoms with Crippen LogP contribution < -0.4 is 5.32 Å². The molecule has 2 unspecified atom stereocenters. The smallest absolute Gasteiger partial charge is 0.0948 e. The Kier molecular flexibility index (Phi) is 3.78. The maximum Gasteiger partial charge on any atom is 0.0948 e. The van der Waals surface area contributed by atoms with Crippen LogP contribution in [0.5, 0.6) is 0 Å². The van der Waals surface area contributed by atoms with Gasteiger partial charge in [0.25, 0.3) is 0 Å². The van der Waals surface area contributed by atoms with Crippen LogP contribution in [0.1, 0.15) is 45.1 Å². The fraction of sp³-hybridized carbons (Fsp3) is 0.750. The van der Waals surface area contributed by atoms with E-state index in [0.717, 1.165) is 6.54 Å². The summed E-state index contributed by atoms with van der Waals surface area (Å²) in [5.41, 5.74) is 0. The van der Waals surface area contributed by atoms with Gasteiger partial charge in [0.2, 0.25) is 0 Å². The van der Waals surface area contributed by atoms with Crippen molar-refractivity contribution in [1.29, 1.82) is 0 Å². The summed E-state index contributed by atoms with van der Waals surface area (Å²) in [5, 5.41) is 3.63. The van der Waals surface area contributed by atoms with Crippen LogP contribution in [0.25, 0.3) is 0 Å². The molecule has 1 aromatic rings. The molecule has 84 valence electrons. The molecule has 15 heavy (non-hydrogen) atoms. The molecule has 1 aliphatic rings. The normalized spacial score (nSPS) is 26.7. The average molecular weight is 207 g/mol. The minimum atomic E-state index is 0.663. The summed E-state index contributed by atoms with van der Waals surface area (Å²) >= 11 is 0. The third-order valence-electron chi connectivity index (χ3n) is 3.28. The Hall–Kier alpha value is -0.830. The van der Waals surface area contributed by atoms with Crippen molar-refractivity contribution in [1.82, 2.24) is 14.9 Å². The van der Waals surface area contributed by atoms with E-state index in [0.29, 0.717) is 12.1 Å². The molecule has 3 nitrogen and oxygen atoms in total. The molecular weight excluding hydrogens is 186 g/mol. The van der Waals surface area contributed by atoms with E-state index in [2.05, 4.69) is 28.0 Å². The largest absolute Gasteiger partial charge is 0.334 e. The molecule has 0 spiro atoms. The highest BCUT2D eigenvalue weighted by atomic mass is 15.1. The molecule has 0 radical (unpaired) electrons. The van der Waals surface area contributed by atoms with Gasteiger partial charge in [-0.3, -0.25) is 0 Å². The summed E-state index contributed by atoms with van der Waals surface area (Å²) in [6.07, 6.45) is 12.4. The van der Waals surface area contributed by atoms with Crippen LogP contribution in [0.4, 0.5) is 0 Å². The lowest BCUT2D eigenvalue weighted by Gasteiger charge is -2.30. The first-order valence-corrected chi connectivity index (χ1v) is 6.11. The number of rotatable bonds is 4. The number of nitrogens with zero attached hydrogens (tertiary/aromatic N) is 2. The lowest BCUT2D eigenvalue weighted by atomic mass is 9.91. The van der Waals surface area contributed by atoms with Gasteiger partial charge in [-0.25, -0.2) is 4.98 Å². The van der Waals surface area contributed by atoms with E-state index in [4.69, 9.17) is 0 Å². The molecule has 1 heterocycles. The number of hydrogen-bond acceptors (Lipinski definition) is 2. The molecule has 3 heteroatoms. The third-order valence-corrected chi connectivity index (χ3v) is 3.28. The standard InChI is InChI=1S/C12H21N3/c1-2-6-14-11-4-3-5-12(9-11)15-8-7-13-10-15/h7-8,10-12,14H,2-6,9H2,1H3. The SMILES string of the molecule is CCCNC1CCCC(n2ccnc2)C1. The van der Waals surface area contributed by atoms with E-state index in [9.17, 15) is 0 Å². The molecule has 0 aliphatic heterocycles. The first kappa shape index (κ1) is 10.7. The van der Waals surface area contributed by atoms with Gasteiger partial charge < -0.3 is 9.88 Å². The van der Waals surface area contributed by atoms with Crippen molar-refractivity contribution in [3.05, 3.63) is 18.7 Å². The van der Waals surface area contributed by atoms with Crippen LogP contribution in [0, 0.1) is 0 Å². The average Bonchev–Trinajstić information content (AvgIpc) is 2.80. The summed E-state index contributed by atoms with van der Waals surface area (Å²) in [5.74, 6) is 0. The van der Waals surface area contributed by atoms with Crippen LogP contribution >= 0.6 is 0 Å². The first-order valence-electron chi connectivity index (χ1n) is 6.11. The van der Waals surface area contributed by atoms with E-state index >= 15 is 0 Å². The minimum Gasteiger partial charge on any atom is -0.334 e. The molecule has 1 aliphatic carbocycles. The highest BCUT2D eigenvalue weighted by Crippen LogP contribution is 2.28. The van der Waals surface area contributed by atoms with Gasteiger partial charge in [0.1, 0.15) is 0 Å².